The largest absolute Gasteiger partial charge is 4.00 e. The molecule has 0 unspecified atom stereocenters. The average Bonchev–Trinajstić information content (AvgIpc) is 2.72. The van der Waals surface area contributed by atoms with Crippen molar-refractivity contribution in [3.8, 4) is 0 Å². The van der Waals surface area contributed by atoms with Gasteiger partial charge in [-0.05, 0) is 0 Å². The van der Waals surface area contributed by atoms with Gasteiger partial charge in [-0.3, -0.25) is 0 Å². The summed E-state index contributed by atoms with van der Waals surface area (Å²) < 4.78 is 0.167. The number of unbranched alkanes of at least 4 members (excludes halogenated alkanes) is 18. The molecule has 0 atom stereocenters. The molecule has 0 aliphatic rings. The van der Waals surface area contributed by atoms with Crippen molar-refractivity contribution >= 4 is 58.3 Å². The first-order chi connectivity index (χ1) is 15.3. The summed E-state index contributed by atoms with van der Waals surface area (Å²) in [4.78, 5) is 0. The molecule has 0 aliphatic heterocycles. The van der Waals surface area contributed by atoms with Gasteiger partial charge >= 0.3 is 21.1 Å². The van der Waals surface area contributed by atoms with E-state index in [4.69, 9.17) is 0 Å². The van der Waals surface area contributed by atoms with Crippen LogP contribution in [0.1, 0.15) is 142 Å². The second-order valence-electron chi connectivity index (χ2n) is 8.00. The Kier molecular flexibility index (Phi) is 61.6. The molecule has 33 heavy (non-hydrogen) atoms. The Balaban J connectivity index is -0.000000117. The number of nitrogens with two attached hydrogens (primary N) is 2. The normalized spacial score (nSPS) is 9.09. The zero-order valence-electron chi connectivity index (χ0n) is 21.8. The maximum absolute atomic E-state index is 4.66. The van der Waals surface area contributed by atoms with Gasteiger partial charge < -0.3 is 75.0 Å². The van der Waals surface area contributed by atoms with E-state index in [1.54, 1.807) is 0 Å². The summed E-state index contributed by atoms with van der Waals surface area (Å²) in [6, 6.07) is 0. The van der Waals surface area contributed by atoms with E-state index in [1.165, 1.54) is 116 Å². The van der Waals surface area contributed by atoms with Crippen molar-refractivity contribution in [2.75, 3.05) is 0 Å². The third-order valence-corrected chi connectivity index (χ3v) is 4.71. The molecule has 4 N–H and O–H groups in total. The molecule has 2 nitrogen and oxygen atoms in total. The Morgan fingerprint density at radius 1 is 0.515 bits per heavy atom. The Bertz CT molecular complexity index is 286. The van der Waals surface area contributed by atoms with Crippen molar-refractivity contribution < 1.29 is 21.1 Å². The predicted molar refractivity (Wildman–Crippen MR) is 163 cm³/mol. The molecule has 0 heterocycles. The van der Waals surface area contributed by atoms with E-state index in [0.717, 1.165) is 12.8 Å². The first kappa shape index (κ1) is 43.9. The molecule has 0 bridgehead atoms. The van der Waals surface area contributed by atoms with E-state index < -0.39 is 0 Å². The number of hydrogen-bond acceptors (Lipinski definition) is 4. The molecule has 0 aromatic carbocycles. The van der Waals surface area contributed by atoms with Gasteiger partial charge in [0, 0.05) is 0 Å². The van der Waals surface area contributed by atoms with Crippen LogP contribution in [0.5, 0.6) is 0 Å². The van der Waals surface area contributed by atoms with Crippen LogP contribution in [0.2, 0.25) is 0 Å². The molecular weight excluding hydrogens is 565 g/mol. The summed E-state index contributed by atoms with van der Waals surface area (Å²) in [6.07, 6.45) is 27.8. The second-order valence-corrected chi connectivity index (χ2v) is 10.3. The minimum atomic E-state index is 0. The minimum Gasteiger partial charge on any atom is -0.415 e. The molecule has 7 heteroatoms. The standard InChI is InChI=1S/2C12H25.2CH3NS2.Mo/c2*1-3-5-7-9-11-12-10-8-6-4-2;2*2-1(3)4;/h2*1,3-12H2,2H3;2*(H3,2,3,4);/q2*-1;;;+4/p-2. The molecule has 0 aromatic heterocycles. The smallest absolute Gasteiger partial charge is 0.415 e. The Labute approximate surface area is 245 Å². The predicted octanol–water partition coefficient (Wildman–Crippen LogP) is 9.03. The van der Waals surface area contributed by atoms with Gasteiger partial charge in [-0.15, -0.1) is 0 Å². The zero-order valence-corrected chi connectivity index (χ0v) is 27.0. The fourth-order valence-corrected chi connectivity index (χ4v) is 2.97. The molecule has 0 fully saturated rings. The maximum Gasteiger partial charge on any atom is 4.00 e. The van der Waals surface area contributed by atoms with Crippen molar-refractivity contribution in [1.82, 2.24) is 0 Å². The molecule has 0 saturated heterocycles. The van der Waals surface area contributed by atoms with Crippen molar-refractivity contribution in [1.29, 1.82) is 0 Å². The van der Waals surface area contributed by atoms with Crippen molar-refractivity contribution in [3.63, 3.8) is 0 Å². The van der Waals surface area contributed by atoms with Gasteiger partial charge in [0.15, 0.2) is 0 Å². The summed E-state index contributed by atoms with van der Waals surface area (Å²) in [5.74, 6) is 0. The van der Waals surface area contributed by atoms with Gasteiger partial charge in [-0.1, -0.05) is 138 Å². The second kappa shape index (κ2) is 46.3. The topological polar surface area (TPSA) is 52.0 Å². The molecule has 198 valence electrons. The number of thiocarbonyl (C=S) groups is 2. The van der Waals surface area contributed by atoms with Crippen LogP contribution >= 0.6 is 24.4 Å². The van der Waals surface area contributed by atoms with E-state index in [2.05, 4.69) is 88.9 Å². The molecule has 0 aromatic rings. The van der Waals surface area contributed by atoms with Crippen LogP contribution < -0.4 is 11.5 Å². The van der Waals surface area contributed by atoms with Gasteiger partial charge in [-0.25, -0.2) is 0 Å². The van der Waals surface area contributed by atoms with Gasteiger partial charge in [0.2, 0.25) is 0 Å². The average molecular weight is 619 g/mol. The molecule has 0 saturated carbocycles. The fourth-order valence-electron chi connectivity index (χ4n) is 2.97. The van der Waals surface area contributed by atoms with Crippen molar-refractivity contribution in [2.45, 2.75) is 142 Å². The fraction of sp³-hybridized carbons (Fsp3) is 0.846. The van der Waals surface area contributed by atoms with E-state index in [0.29, 0.717) is 0 Å². The van der Waals surface area contributed by atoms with Crippen LogP contribution in [-0.4, -0.2) is 8.64 Å². The third kappa shape index (κ3) is 87.9. The quantitative estimate of drug-likeness (QED) is 0.0526. The van der Waals surface area contributed by atoms with E-state index in [1.807, 2.05) is 0 Å². The summed E-state index contributed by atoms with van der Waals surface area (Å²) in [5.41, 5.74) is 9.31. The first-order valence-electron chi connectivity index (χ1n) is 12.8. The molecule has 0 radical (unpaired) electrons. The number of hydrogen-bond donors (Lipinski definition) is 2. The van der Waals surface area contributed by atoms with E-state index in [-0.39, 0.29) is 29.7 Å². The van der Waals surface area contributed by atoms with Crippen LogP contribution in [0.25, 0.3) is 0 Å². The summed E-state index contributed by atoms with van der Waals surface area (Å²) in [6.45, 7) is 12.2. The zero-order chi connectivity index (χ0) is 25.3. The molecule has 0 spiro atoms. The van der Waals surface area contributed by atoms with Crippen molar-refractivity contribution in [2.24, 2.45) is 11.5 Å². The molecular formula is C26H54MoN2S4. The SMILES string of the molecule is NC(=S)[S-].NC(=S)[S-].[CH2-]CCCCCCCCCCC.[CH2-]CCCCCCCCCCC.[Mo+4]. The molecule has 0 rings (SSSR count). The Hall–Kier alpha value is 0.908. The summed E-state index contributed by atoms with van der Waals surface area (Å²) >= 11 is 16.5. The van der Waals surface area contributed by atoms with Gasteiger partial charge in [-0.2, -0.15) is 12.8 Å². The number of rotatable bonds is 18. The van der Waals surface area contributed by atoms with Crippen LogP contribution in [0.3, 0.4) is 0 Å². The first-order valence-corrected chi connectivity index (χ1v) is 14.4. The Morgan fingerprint density at radius 2 is 0.667 bits per heavy atom. The van der Waals surface area contributed by atoms with Gasteiger partial charge in [0.1, 0.15) is 0 Å². The molecule has 0 aliphatic carbocycles. The molecule has 0 amide bonds. The maximum atomic E-state index is 4.66. The monoisotopic (exact) mass is 620 g/mol. The van der Waals surface area contributed by atoms with Gasteiger partial charge in [0.05, 0.1) is 0 Å². The third-order valence-electron chi connectivity index (χ3n) is 4.71. The Morgan fingerprint density at radius 3 is 0.818 bits per heavy atom. The minimum absolute atomic E-state index is 0. The van der Waals surface area contributed by atoms with Crippen LogP contribution in [0.15, 0.2) is 0 Å². The summed E-state index contributed by atoms with van der Waals surface area (Å²) in [7, 11) is 0. The summed E-state index contributed by atoms with van der Waals surface area (Å²) in [5, 5.41) is 0. The van der Waals surface area contributed by atoms with E-state index in [9.17, 15) is 0 Å². The van der Waals surface area contributed by atoms with Crippen LogP contribution in [0, 0.1) is 13.8 Å². The van der Waals surface area contributed by atoms with Crippen LogP contribution in [0.4, 0.5) is 0 Å². The van der Waals surface area contributed by atoms with Crippen LogP contribution in [-0.2, 0) is 46.3 Å². The van der Waals surface area contributed by atoms with Gasteiger partial charge in [0.25, 0.3) is 0 Å². The van der Waals surface area contributed by atoms with Crippen molar-refractivity contribution in [3.05, 3.63) is 13.8 Å². The van der Waals surface area contributed by atoms with E-state index >= 15 is 0 Å².